The number of para-hydroxylation sites is 3. The van der Waals surface area contributed by atoms with Crippen LogP contribution in [0.15, 0.2) is 144 Å². The van der Waals surface area contributed by atoms with Gasteiger partial charge >= 0.3 is 0 Å². The molecule has 0 radical (unpaired) electrons. The molecular formula is C35H23N2OPS2. The van der Waals surface area contributed by atoms with Crippen LogP contribution >= 0.6 is 17.4 Å². The highest BCUT2D eigenvalue weighted by Crippen LogP contribution is 2.53. The molecule has 0 atom stereocenters. The second-order valence-corrected chi connectivity index (χ2v) is 15.3. The summed E-state index contributed by atoms with van der Waals surface area (Å²) in [6.45, 7) is 0. The van der Waals surface area contributed by atoms with E-state index in [1.54, 1.807) is 11.3 Å². The molecule has 8 aromatic rings. The van der Waals surface area contributed by atoms with E-state index < -0.39 is 6.04 Å². The maximum atomic E-state index is 6.98. The first kappa shape index (κ1) is 24.5. The highest BCUT2D eigenvalue weighted by molar-refractivity contribution is 8.26. The van der Waals surface area contributed by atoms with Crippen LogP contribution in [0, 0.1) is 0 Å². The van der Waals surface area contributed by atoms with Gasteiger partial charge in [0.15, 0.2) is 4.90 Å². The number of hydrogen-bond donors (Lipinski definition) is 0. The van der Waals surface area contributed by atoms with Crippen LogP contribution in [0.4, 0.5) is 0 Å². The van der Waals surface area contributed by atoms with Gasteiger partial charge in [-0.25, -0.2) is 4.98 Å². The Balaban J connectivity index is 1.55. The molecule has 5 aromatic carbocycles. The standard InChI is InChI=1S/C35H23N2OPS2/c40-39(25-15-6-2-7-16-25,26-17-8-3-9-18-26)33-31-27-19-10-11-22-30(27)38-35(31)41-34(33)28-20-12-21-29-32(28)37(23-36-29)24-13-4-1-5-14-24/h1-23H. The van der Waals surface area contributed by atoms with Crippen molar-refractivity contribution in [3.05, 3.63) is 140 Å². The summed E-state index contributed by atoms with van der Waals surface area (Å²) in [5.41, 5.74) is 5.08. The van der Waals surface area contributed by atoms with Crippen LogP contribution in [-0.4, -0.2) is 9.55 Å². The third-order valence-corrected chi connectivity index (χ3v) is 13.8. The third-order valence-electron chi connectivity index (χ3n) is 7.61. The Morgan fingerprint density at radius 1 is 0.683 bits per heavy atom. The minimum atomic E-state index is -2.54. The van der Waals surface area contributed by atoms with Crippen LogP contribution in [0.25, 0.3) is 48.4 Å². The van der Waals surface area contributed by atoms with Crippen LogP contribution in [0.1, 0.15) is 0 Å². The first-order valence-electron chi connectivity index (χ1n) is 13.4. The predicted molar refractivity (Wildman–Crippen MR) is 178 cm³/mol. The van der Waals surface area contributed by atoms with E-state index >= 15 is 0 Å². The smallest absolute Gasteiger partial charge is 0.190 e. The van der Waals surface area contributed by atoms with Crippen molar-refractivity contribution in [2.24, 2.45) is 0 Å². The fourth-order valence-corrected chi connectivity index (χ4v) is 11.9. The van der Waals surface area contributed by atoms with Gasteiger partial charge in [0.2, 0.25) is 0 Å². The van der Waals surface area contributed by atoms with E-state index in [0.717, 1.165) is 59.0 Å². The van der Waals surface area contributed by atoms with Gasteiger partial charge in [0.1, 0.15) is 11.9 Å². The quantitative estimate of drug-likeness (QED) is 0.191. The highest BCUT2D eigenvalue weighted by Gasteiger charge is 2.34. The Morgan fingerprint density at radius 2 is 1.32 bits per heavy atom. The molecule has 0 fully saturated rings. The Morgan fingerprint density at radius 3 is 2.02 bits per heavy atom. The van der Waals surface area contributed by atoms with Gasteiger partial charge in [0, 0.05) is 38.2 Å². The Hall–Kier alpha value is -4.28. The van der Waals surface area contributed by atoms with Crippen LogP contribution in [-0.2, 0) is 11.8 Å². The normalized spacial score (nSPS) is 12.0. The van der Waals surface area contributed by atoms with Crippen molar-refractivity contribution in [2.75, 3.05) is 0 Å². The van der Waals surface area contributed by atoms with E-state index in [4.69, 9.17) is 21.2 Å². The van der Waals surface area contributed by atoms with Gasteiger partial charge in [-0.1, -0.05) is 132 Å². The highest BCUT2D eigenvalue weighted by atomic mass is 32.4. The van der Waals surface area contributed by atoms with Crippen molar-refractivity contribution < 1.29 is 4.42 Å². The maximum Gasteiger partial charge on any atom is 0.190 e. The summed E-state index contributed by atoms with van der Waals surface area (Å²) in [4.78, 5) is 6.85. The molecule has 3 nitrogen and oxygen atoms in total. The average Bonchev–Trinajstić information content (AvgIpc) is 3.74. The van der Waals surface area contributed by atoms with Gasteiger partial charge in [-0.05, 0) is 34.9 Å². The number of fused-ring (bicyclic) bond motifs is 4. The van der Waals surface area contributed by atoms with Crippen molar-refractivity contribution in [2.45, 2.75) is 0 Å². The number of thiophene rings is 1. The van der Waals surface area contributed by atoms with Crippen molar-refractivity contribution in [1.29, 1.82) is 0 Å². The number of benzene rings is 5. The molecule has 0 saturated heterocycles. The number of rotatable bonds is 5. The molecule has 0 aliphatic heterocycles. The zero-order valence-electron chi connectivity index (χ0n) is 21.8. The summed E-state index contributed by atoms with van der Waals surface area (Å²) in [6, 6.07) is 43.8. The largest absolute Gasteiger partial charge is 0.445 e. The Kier molecular flexibility index (Phi) is 5.78. The van der Waals surface area contributed by atoms with Crippen LogP contribution in [0.5, 0.6) is 0 Å². The molecule has 0 spiro atoms. The summed E-state index contributed by atoms with van der Waals surface area (Å²) < 4.78 is 8.72. The summed E-state index contributed by atoms with van der Waals surface area (Å²) in [6.07, 6.45) is 1.92. The van der Waals surface area contributed by atoms with Crippen LogP contribution in [0.3, 0.4) is 0 Å². The van der Waals surface area contributed by atoms with Gasteiger partial charge in [-0.2, -0.15) is 0 Å². The van der Waals surface area contributed by atoms with Gasteiger partial charge < -0.3 is 4.42 Å². The summed E-state index contributed by atoms with van der Waals surface area (Å²) in [7, 11) is 0. The SMILES string of the molecule is S=P(c1ccccc1)(c1ccccc1)c1c(-c2cccc3ncn(-c4ccccc4)c23)sc2oc3ccccc3c12. The monoisotopic (exact) mass is 582 g/mol. The average molecular weight is 583 g/mol. The van der Waals surface area contributed by atoms with Gasteiger partial charge in [-0.3, -0.25) is 4.57 Å². The van der Waals surface area contributed by atoms with Crippen LogP contribution < -0.4 is 15.9 Å². The first-order chi connectivity index (χ1) is 20.2. The molecule has 0 saturated carbocycles. The lowest BCUT2D eigenvalue weighted by Gasteiger charge is -2.25. The van der Waals surface area contributed by atoms with Gasteiger partial charge in [0.05, 0.1) is 11.0 Å². The lowest BCUT2D eigenvalue weighted by molar-refractivity contribution is 0.678. The minimum Gasteiger partial charge on any atom is -0.445 e. The molecule has 0 aliphatic carbocycles. The number of imidazole rings is 1. The van der Waals surface area contributed by atoms with E-state index in [0.29, 0.717) is 0 Å². The molecule has 0 amide bonds. The predicted octanol–water partition coefficient (Wildman–Crippen LogP) is 8.41. The molecule has 3 heterocycles. The summed E-state index contributed by atoms with van der Waals surface area (Å²) >= 11 is 8.68. The second kappa shape index (κ2) is 9.67. The second-order valence-electron chi connectivity index (χ2n) is 9.94. The number of hydrogen-bond acceptors (Lipinski definition) is 4. The maximum absolute atomic E-state index is 6.98. The third kappa shape index (κ3) is 3.78. The van der Waals surface area contributed by atoms with Crippen molar-refractivity contribution in [3.63, 3.8) is 0 Å². The van der Waals surface area contributed by atoms with E-state index in [1.165, 1.54) is 5.30 Å². The van der Waals surface area contributed by atoms with E-state index in [9.17, 15) is 0 Å². The van der Waals surface area contributed by atoms with Crippen molar-refractivity contribution >= 4 is 77.4 Å². The lowest BCUT2D eigenvalue weighted by atomic mass is 10.1. The molecule has 6 heteroatoms. The van der Waals surface area contributed by atoms with Crippen molar-refractivity contribution in [1.82, 2.24) is 9.55 Å². The zero-order valence-corrected chi connectivity index (χ0v) is 24.4. The molecule has 0 aliphatic rings. The van der Waals surface area contributed by atoms with Crippen LogP contribution in [0.2, 0.25) is 0 Å². The zero-order chi connectivity index (χ0) is 27.4. The van der Waals surface area contributed by atoms with E-state index in [1.807, 2.05) is 24.5 Å². The molecule has 0 unspecified atom stereocenters. The molecule has 0 N–H and O–H groups in total. The molecule has 8 rings (SSSR count). The van der Waals surface area contributed by atoms with Gasteiger partial charge in [-0.15, -0.1) is 0 Å². The van der Waals surface area contributed by atoms with Crippen molar-refractivity contribution in [3.8, 4) is 16.1 Å². The van der Waals surface area contributed by atoms with E-state index in [2.05, 4.69) is 120 Å². The molecular weight excluding hydrogens is 560 g/mol. The molecule has 0 bridgehead atoms. The molecule has 3 aromatic heterocycles. The topological polar surface area (TPSA) is 31.0 Å². The number of aromatic nitrogens is 2. The fraction of sp³-hybridized carbons (Fsp3) is 0. The Bertz CT molecular complexity index is 2190. The fourth-order valence-electron chi connectivity index (χ4n) is 5.77. The first-order valence-corrected chi connectivity index (χ1v) is 17.0. The number of furan rings is 1. The molecule has 41 heavy (non-hydrogen) atoms. The Labute approximate surface area is 246 Å². The van der Waals surface area contributed by atoms with Gasteiger partial charge in [0.25, 0.3) is 0 Å². The lowest BCUT2D eigenvalue weighted by Crippen LogP contribution is -2.25. The summed E-state index contributed by atoms with van der Waals surface area (Å²) in [5, 5.41) is 5.74. The summed E-state index contributed by atoms with van der Waals surface area (Å²) in [5.74, 6) is 0. The molecule has 196 valence electrons. The minimum absolute atomic E-state index is 0.886. The number of nitrogens with zero attached hydrogens (tertiary/aromatic N) is 2. The van der Waals surface area contributed by atoms with E-state index in [-0.39, 0.29) is 0 Å².